The Labute approximate surface area is 263 Å². The first-order valence-corrected chi connectivity index (χ1v) is 16.2. The standard InChI is InChI=1S/C33H41Cl2N3O5/c34-25-10-4-8-22(17-25)29(33(13-14-33)24-9-5-11-26(35)19-24)43-32(42)38-28(16-21-6-2-1-3-7-21)31(41)37-27(20-39)18-23-12-15-36-30(23)40/h4-5,8-11,17,19,21,23,27-29,39H,1-3,6-7,12-16,18,20H2,(H,36,40)(H,37,41)(H,38,42)/t23-,27-,28-,29?/m0/s1. The van der Waals surface area contributed by atoms with Crippen molar-refractivity contribution < 1.29 is 24.2 Å². The molecule has 0 radical (unpaired) electrons. The van der Waals surface area contributed by atoms with Crippen LogP contribution in [0.4, 0.5) is 4.79 Å². The minimum atomic E-state index is -0.844. The van der Waals surface area contributed by atoms with E-state index in [1.165, 1.54) is 6.42 Å². The number of rotatable bonds is 12. The number of hydrogen-bond donors (Lipinski definition) is 4. The summed E-state index contributed by atoms with van der Waals surface area (Å²) >= 11 is 12.7. The highest BCUT2D eigenvalue weighted by atomic mass is 35.5. The molecule has 1 unspecified atom stereocenters. The van der Waals surface area contributed by atoms with E-state index in [1.807, 2.05) is 36.4 Å². The van der Waals surface area contributed by atoms with Gasteiger partial charge in [-0.3, -0.25) is 9.59 Å². The molecule has 1 aliphatic heterocycles. The molecule has 2 saturated carbocycles. The van der Waals surface area contributed by atoms with E-state index in [9.17, 15) is 19.5 Å². The summed E-state index contributed by atoms with van der Waals surface area (Å²) in [6.07, 6.45) is 7.11. The predicted octanol–water partition coefficient (Wildman–Crippen LogP) is 5.83. The Kier molecular flexibility index (Phi) is 10.5. The fourth-order valence-corrected chi connectivity index (χ4v) is 7.16. The van der Waals surface area contributed by atoms with E-state index < -0.39 is 29.7 Å². The van der Waals surface area contributed by atoms with Gasteiger partial charge in [-0.15, -0.1) is 0 Å². The minimum absolute atomic E-state index is 0.0612. The van der Waals surface area contributed by atoms with Gasteiger partial charge in [0.25, 0.3) is 0 Å². The second-order valence-electron chi connectivity index (χ2n) is 12.3. The number of benzene rings is 2. The molecule has 2 aromatic rings. The molecular formula is C33H41Cl2N3O5. The molecule has 0 bridgehead atoms. The monoisotopic (exact) mass is 629 g/mol. The van der Waals surface area contributed by atoms with Crippen molar-refractivity contribution >= 4 is 41.1 Å². The van der Waals surface area contributed by atoms with Crippen LogP contribution in [-0.4, -0.2) is 48.2 Å². The Hall–Kier alpha value is -2.81. The summed E-state index contributed by atoms with van der Waals surface area (Å²) in [6, 6.07) is 13.5. The van der Waals surface area contributed by atoms with Crippen molar-refractivity contribution in [1.29, 1.82) is 0 Å². The number of nitrogens with one attached hydrogen (secondary N) is 3. The maximum Gasteiger partial charge on any atom is 0.408 e. The van der Waals surface area contributed by atoms with E-state index in [2.05, 4.69) is 16.0 Å². The lowest BCUT2D eigenvalue weighted by atomic mass is 9.84. The molecule has 3 fully saturated rings. The number of carbonyl (C=O) groups is 3. The third-order valence-electron chi connectivity index (χ3n) is 9.27. The summed E-state index contributed by atoms with van der Waals surface area (Å²) in [6.45, 7) is 0.298. The zero-order chi connectivity index (χ0) is 30.4. The van der Waals surface area contributed by atoms with Crippen LogP contribution in [0.2, 0.25) is 10.0 Å². The zero-order valence-electron chi connectivity index (χ0n) is 24.3. The summed E-state index contributed by atoms with van der Waals surface area (Å²) in [5.74, 6) is -0.404. The van der Waals surface area contributed by atoms with E-state index in [0.717, 1.165) is 49.7 Å². The van der Waals surface area contributed by atoms with Crippen molar-refractivity contribution in [3.05, 3.63) is 69.7 Å². The highest BCUT2D eigenvalue weighted by Gasteiger charge is 2.54. The van der Waals surface area contributed by atoms with Gasteiger partial charge in [0.05, 0.1) is 12.6 Å². The van der Waals surface area contributed by atoms with Gasteiger partial charge in [0, 0.05) is 27.9 Å². The van der Waals surface area contributed by atoms with E-state index in [1.54, 1.807) is 12.1 Å². The number of carbonyl (C=O) groups excluding carboxylic acids is 3. The lowest BCUT2D eigenvalue weighted by Gasteiger charge is -2.31. The molecular weight excluding hydrogens is 589 g/mol. The van der Waals surface area contributed by atoms with Crippen molar-refractivity contribution in [3.63, 3.8) is 0 Å². The van der Waals surface area contributed by atoms with Gasteiger partial charge in [0.2, 0.25) is 11.8 Å². The van der Waals surface area contributed by atoms with Crippen LogP contribution in [0.3, 0.4) is 0 Å². The van der Waals surface area contributed by atoms with Gasteiger partial charge in [0.1, 0.15) is 12.1 Å². The number of amides is 3. The number of aliphatic hydroxyl groups excluding tert-OH is 1. The van der Waals surface area contributed by atoms with Crippen molar-refractivity contribution in [2.75, 3.05) is 13.2 Å². The molecule has 43 heavy (non-hydrogen) atoms. The van der Waals surface area contributed by atoms with E-state index in [-0.39, 0.29) is 24.3 Å². The first kappa shape index (κ1) is 31.6. The Morgan fingerprint density at radius 2 is 1.70 bits per heavy atom. The second-order valence-corrected chi connectivity index (χ2v) is 13.2. The SMILES string of the molecule is O=C(N[C@@H](CC1CCCCC1)C(=O)N[C@H](CO)C[C@@H]1CCNC1=O)OC(c1cccc(Cl)c1)C1(c2cccc(Cl)c2)CC1. The summed E-state index contributed by atoms with van der Waals surface area (Å²) in [7, 11) is 0. The summed E-state index contributed by atoms with van der Waals surface area (Å²) < 4.78 is 6.20. The molecule has 232 valence electrons. The first-order valence-electron chi connectivity index (χ1n) is 15.4. The largest absolute Gasteiger partial charge is 0.440 e. The van der Waals surface area contributed by atoms with Crippen LogP contribution in [-0.2, 0) is 19.7 Å². The number of ether oxygens (including phenoxy) is 1. The Bertz CT molecular complexity index is 1300. The minimum Gasteiger partial charge on any atom is -0.440 e. The molecule has 2 aromatic carbocycles. The molecule has 8 nitrogen and oxygen atoms in total. The maximum atomic E-state index is 13.6. The van der Waals surface area contributed by atoms with E-state index >= 15 is 0 Å². The lowest BCUT2D eigenvalue weighted by Crippen LogP contribution is -2.52. The van der Waals surface area contributed by atoms with E-state index in [4.69, 9.17) is 27.9 Å². The lowest BCUT2D eigenvalue weighted by molar-refractivity contribution is -0.126. The average molecular weight is 631 g/mol. The van der Waals surface area contributed by atoms with Crippen LogP contribution in [0.15, 0.2) is 48.5 Å². The Morgan fingerprint density at radius 3 is 2.33 bits per heavy atom. The average Bonchev–Trinajstić information content (AvgIpc) is 3.71. The van der Waals surface area contributed by atoms with Gasteiger partial charge in [0.15, 0.2) is 0 Å². The fourth-order valence-electron chi connectivity index (χ4n) is 6.77. The fraction of sp³-hybridized carbons (Fsp3) is 0.545. The molecule has 3 amide bonds. The molecule has 2 aliphatic carbocycles. The predicted molar refractivity (Wildman–Crippen MR) is 166 cm³/mol. The van der Waals surface area contributed by atoms with E-state index in [0.29, 0.717) is 41.8 Å². The van der Waals surface area contributed by atoms with Gasteiger partial charge in [-0.25, -0.2) is 4.79 Å². The van der Waals surface area contributed by atoms with Crippen LogP contribution in [0.1, 0.15) is 81.4 Å². The topological polar surface area (TPSA) is 117 Å². The van der Waals surface area contributed by atoms with Crippen LogP contribution in [0.5, 0.6) is 0 Å². The molecule has 4 atom stereocenters. The molecule has 10 heteroatoms. The second kappa shape index (κ2) is 14.3. The van der Waals surface area contributed by atoms with Gasteiger partial charge < -0.3 is 25.8 Å². The molecule has 4 N–H and O–H groups in total. The summed E-state index contributed by atoms with van der Waals surface area (Å²) in [5, 5.41) is 19.7. The van der Waals surface area contributed by atoms with Crippen LogP contribution in [0, 0.1) is 11.8 Å². The number of hydrogen-bond acceptors (Lipinski definition) is 5. The van der Waals surface area contributed by atoms with Crippen LogP contribution in [0.25, 0.3) is 0 Å². The molecule has 0 spiro atoms. The van der Waals surface area contributed by atoms with Gasteiger partial charge in [-0.2, -0.15) is 0 Å². The first-order chi connectivity index (χ1) is 20.8. The molecule has 3 aliphatic rings. The zero-order valence-corrected chi connectivity index (χ0v) is 25.8. The highest BCUT2D eigenvalue weighted by Crippen LogP contribution is 2.58. The van der Waals surface area contributed by atoms with Crippen molar-refractivity contribution in [2.45, 2.75) is 87.8 Å². The summed E-state index contributed by atoms with van der Waals surface area (Å²) in [5.41, 5.74) is 1.29. The maximum absolute atomic E-state index is 13.6. The van der Waals surface area contributed by atoms with Gasteiger partial charge in [-0.05, 0) is 73.4 Å². The van der Waals surface area contributed by atoms with Crippen molar-refractivity contribution in [3.8, 4) is 0 Å². The van der Waals surface area contributed by atoms with Crippen molar-refractivity contribution in [2.24, 2.45) is 11.8 Å². The quantitative estimate of drug-likeness (QED) is 0.235. The third-order valence-corrected chi connectivity index (χ3v) is 9.74. The normalized spacial score (nSPS) is 21.7. The van der Waals surface area contributed by atoms with Crippen LogP contribution < -0.4 is 16.0 Å². The Balaban J connectivity index is 1.34. The number of halogens is 2. The molecule has 1 heterocycles. The smallest absolute Gasteiger partial charge is 0.408 e. The molecule has 5 rings (SSSR count). The molecule has 1 saturated heterocycles. The summed E-state index contributed by atoms with van der Waals surface area (Å²) in [4.78, 5) is 39.4. The van der Waals surface area contributed by atoms with Crippen molar-refractivity contribution in [1.82, 2.24) is 16.0 Å². The molecule has 0 aromatic heterocycles. The number of alkyl carbamates (subject to hydrolysis) is 1. The number of aliphatic hydroxyl groups is 1. The third kappa shape index (κ3) is 8.02. The van der Waals surface area contributed by atoms with Gasteiger partial charge in [-0.1, -0.05) is 79.6 Å². The Morgan fingerprint density at radius 1 is 0.977 bits per heavy atom. The van der Waals surface area contributed by atoms with Gasteiger partial charge >= 0.3 is 6.09 Å². The van der Waals surface area contributed by atoms with Crippen LogP contribution >= 0.6 is 23.2 Å². The highest BCUT2D eigenvalue weighted by molar-refractivity contribution is 6.31.